The molecule has 0 fully saturated rings. The summed E-state index contributed by atoms with van der Waals surface area (Å²) in [5, 5.41) is 14.5. The molecule has 0 unspecified atom stereocenters. The van der Waals surface area contributed by atoms with E-state index in [-0.39, 0.29) is 10.6 Å². The third-order valence-electron chi connectivity index (χ3n) is 2.37. The number of hydrogen-bond donors (Lipinski definition) is 2. The van der Waals surface area contributed by atoms with E-state index in [9.17, 15) is 13.5 Å². The van der Waals surface area contributed by atoms with Crippen LogP contribution in [0.2, 0.25) is 0 Å². The maximum atomic E-state index is 11.3. The van der Waals surface area contributed by atoms with Gasteiger partial charge in [-0.25, -0.2) is 13.6 Å². The van der Waals surface area contributed by atoms with Crippen LogP contribution in [0.4, 0.5) is 0 Å². The molecule has 17 heavy (non-hydrogen) atoms. The van der Waals surface area contributed by atoms with E-state index in [2.05, 4.69) is 0 Å². The Morgan fingerprint density at radius 1 is 0.941 bits per heavy atom. The zero-order valence-corrected chi connectivity index (χ0v) is 9.68. The summed E-state index contributed by atoms with van der Waals surface area (Å²) in [5.74, 6) is -0.341. The minimum absolute atomic E-state index is 0.265. The Bertz CT molecular complexity index is 636. The summed E-state index contributed by atoms with van der Waals surface area (Å²) < 4.78 is 22.5. The summed E-state index contributed by atoms with van der Waals surface area (Å²) in [6.45, 7) is 0. The Balaban J connectivity index is 2.61. The van der Waals surface area contributed by atoms with Gasteiger partial charge in [-0.1, -0.05) is 36.4 Å². The van der Waals surface area contributed by atoms with E-state index in [0.717, 1.165) is 5.56 Å². The van der Waals surface area contributed by atoms with E-state index in [1.807, 2.05) is 30.3 Å². The molecule has 0 aliphatic rings. The minimum atomic E-state index is -3.91. The average molecular weight is 249 g/mol. The molecule has 2 rings (SSSR count). The smallest absolute Gasteiger partial charge is 0.241 e. The molecule has 2 aromatic carbocycles. The van der Waals surface area contributed by atoms with Gasteiger partial charge in [0.15, 0.2) is 0 Å². The van der Waals surface area contributed by atoms with Gasteiger partial charge in [0, 0.05) is 0 Å². The maximum Gasteiger partial charge on any atom is 0.241 e. The second kappa shape index (κ2) is 4.20. The first kappa shape index (κ1) is 11.6. The van der Waals surface area contributed by atoms with E-state index in [0.29, 0.717) is 5.56 Å². The molecule has 2 aromatic rings. The highest BCUT2D eigenvalue weighted by molar-refractivity contribution is 7.89. The van der Waals surface area contributed by atoms with Gasteiger partial charge in [-0.3, -0.25) is 0 Å². The number of primary sulfonamides is 1. The highest BCUT2D eigenvalue weighted by Gasteiger charge is 2.14. The summed E-state index contributed by atoms with van der Waals surface area (Å²) in [4.78, 5) is -0.265. The molecule has 0 saturated carbocycles. The number of aromatic hydroxyl groups is 1. The highest BCUT2D eigenvalue weighted by Crippen LogP contribution is 2.28. The molecule has 4 nitrogen and oxygen atoms in total. The van der Waals surface area contributed by atoms with Crippen molar-refractivity contribution in [3.63, 3.8) is 0 Å². The maximum absolute atomic E-state index is 11.3. The minimum Gasteiger partial charge on any atom is -0.507 e. The lowest BCUT2D eigenvalue weighted by molar-refractivity contribution is 0.459. The molecule has 0 amide bonds. The van der Waals surface area contributed by atoms with Gasteiger partial charge in [-0.15, -0.1) is 0 Å². The van der Waals surface area contributed by atoms with Crippen LogP contribution < -0.4 is 5.14 Å². The second-order valence-corrected chi connectivity index (χ2v) is 5.12. The Kier molecular flexibility index (Phi) is 2.87. The number of nitrogens with two attached hydrogens (primary N) is 1. The van der Waals surface area contributed by atoms with Crippen molar-refractivity contribution >= 4 is 10.0 Å². The Labute approximate surface area is 99.4 Å². The van der Waals surface area contributed by atoms with Crippen molar-refractivity contribution in [3.8, 4) is 16.9 Å². The lowest BCUT2D eigenvalue weighted by Gasteiger charge is -2.06. The first-order valence-electron chi connectivity index (χ1n) is 4.90. The standard InChI is InChI=1S/C12H11NO3S/c13-17(15,16)12-8-10(6-7-11(12)14)9-4-2-1-3-5-9/h1-8,14H,(H2,13,15,16). The van der Waals surface area contributed by atoms with Crippen LogP contribution in [-0.4, -0.2) is 13.5 Å². The molecule has 0 heterocycles. The predicted molar refractivity (Wildman–Crippen MR) is 64.9 cm³/mol. The van der Waals surface area contributed by atoms with Crippen molar-refractivity contribution in [2.45, 2.75) is 4.90 Å². The summed E-state index contributed by atoms with van der Waals surface area (Å²) in [6.07, 6.45) is 0. The zero-order chi connectivity index (χ0) is 12.5. The van der Waals surface area contributed by atoms with Gasteiger partial charge >= 0.3 is 0 Å². The van der Waals surface area contributed by atoms with Crippen LogP contribution in [-0.2, 0) is 10.0 Å². The van der Waals surface area contributed by atoms with Crippen LogP contribution in [0.1, 0.15) is 0 Å². The SMILES string of the molecule is NS(=O)(=O)c1cc(-c2ccccc2)ccc1O. The van der Waals surface area contributed by atoms with Crippen LogP contribution >= 0.6 is 0 Å². The molecule has 0 aromatic heterocycles. The molecule has 0 bridgehead atoms. The first-order valence-corrected chi connectivity index (χ1v) is 6.44. The second-order valence-electron chi connectivity index (χ2n) is 3.59. The van der Waals surface area contributed by atoms with Gasteiger partial charge in [0.1, 0.15) is 10.6 Å². The number of benzene rings is 2. The Hall–Kier alpha value is -1.85. The number of hydrogen-bond acceptors (Lipinski definition) is 3. The molecule has 0 spiro atoms. The predicted octanol–water partition coefficient (Wildman–Crippen LogP) is 1.71. The summed E-state index contributed by atoms with van der Waals surface area (Å²) in [5.41, 5.74) is 1.55. The van der Waals surface area contributed by atoms with Gasteiger partial charge < -0.3 is 5.11 Å². The Morgan fingerprint density at radius 2 is 1.59 bits per heavy atom. The van der Waals surface area contributed by atoms with Gasteiger partial charge in [0.05, 0.1) is 0 Å². The van der Waals surface area contributed by atoms with Crippen LogP contribution in [0.3, 0.4) is 0 Å². The van der Waals surface area contributed by atoms with Crippen molar-refractivity contribution < 1.29 is 13.5 Å². The highest BCUT2D eigenvalue weighted by atomic mass is 32.2. The number of rotatable bonds is 2. The molecule has 3 N–H and O–H groups in total. The van der Waals surface area contributed by atoms with Gasteiger partial charge in [0.2, 0.25) is 10.0 Å². The van der Waals surface area contributed by atoms with Crippen LogP contribution in [0.15, 0.2) is 53.4 Å². The van der Waals surface area contributed by atoms with Crippen molar-refractivity contribution in [2.24, 2.45) is 5.14 Å². The van der Waals surface area contributed by atoms with E-state index >= 15 is 0 Å². The van der Waals surface area contributed by atoms with E-state index in [1.54, 1.807) is 6.07 Å². The lowest BCUT2D eigenvalue weighted by Crippen LogP contribution is -2.12. The molecule has 0 aliphatic heterocycles. The fraction of sp³-hybridized carbons (Fsp3) is 0. The number of phenolic OH excluding ortho intramolecular Hbond substituents is 1. The summed E-state index contributed by atoms with van der Waals surface area (Å²) in [6, 6.07) is 13.6. The fourth-order valence-corrected chi connectivity index (χ4v) is 2.20. The van der Waals surface area contributed by atoms with Gasteiger partial charge in [-0.2, -0.15) is 0 Å². The summed E-state index contributed by atoms with van der Waals surface area (Å²) in [7, 11) is -3.91. The molecule has 88 valence electrons. The van der Waals surface area contributed by atoms with Crippen LogP contribution in [0.25, 0.3) is 11.1 Å². The topological polar surface area (TPSA) is 80.4 Å². The third-order valence-corrected chi connectivity index (χ3v) is 3.31. The number of sulfonamides is 1. The first-order chi connectivity index (χ1) is 7.98. The van der Waals surface area contributed by atoms with Gasteiger partial charge in [-0.05, 0) is 23.3 Å². The number of phenols is 1. The normalized spacial score (nSPS) is 11.4. The monoisotopic (exact) mass is 249 g/mol. The van der Waals surface area contributed by atoms with Crippen molar-refractivity contribution in [3.05, 3.63) is 48.5 Å². The van der Waals surface area contributed by atoms with E-state index < -0.39 is 10.0 Å². The Morgan fingerprint density at radius 3 is 2.18 bits per heavy atom. The molecule has 0 atom stereocenters. The molecule has 0 aliphatic carbocycles. The lowest BCUT2D eigenvalue weighted by atomic mass is 10.1. The van der Waals surface area contributed by atoms with E-state index in [4.69, 9.17) is 5.14 Å². The van der Waals surface area contributed by atoms with Crippen LogP contribution in [0, 0.1) is 0 Å². The molecular weight excluding hydrogens is 238 g/mol. The van der Waals surface area contributed by atoms with Crippen molar-refractivity contribution in [1.29, 1.82) is 0 Å². The van der Waals surface area contributed by atoms with Crippen molar-refractivity contribution in [2.75, 3.05) is 0 Å². The van der Waals surface area contributed by atoms with E-state index in [1.165, 1.54) is 12.1 Å². The quantitative estimate of drug-likeness (QED) is 0.850. The average Bonchev–Trinajstić information content (AvgIpc) is 2.29. The molecule has 0 saturated heterocycles. The van der Waals surface area contributed by atoms with Gasteiger partial charge in [0.25, 0.3) is 0 Å². The largest absolute Gasteiger partial charge is 0.507 e. The molecular formula is C12H11NO3S. The summed E-state index contributed by atoms with van der Waals surface area (Å²) >= 11 is 0. The van der Waals surface area contributed by atoms with Crippen molar-refractivity contribution in [1.82, 2.24) is 0 Å². The van der Waals surface area contributed by atoms with Crippen LogP contribution in [0.5, 0.6) is 5.75 Å². The zero-order valence-electron chi connectivity index (χ0n) is 8.87. The third kappa shape index (κ3) is 2.46. The fourth-order valence-electron chi connectivity index (χ4n) is 1.55. The molecule has 5 heteroatoms. The molecule has 0 radical (unpaired) electrons.